The van der Waals surface area contributed by atoms with Crippen molar-refractivity contribution in [3.05, 3.63) is 101 Å². The van der Waals surface area contributed by atoms with Crippen LogP contribution in [-0.4, -0.2) is 115 Å². The highest BCUT2D eigenvalue weighted by atomic mass is 32.2. The van der Waals surface area contributed by atoms with Crippen molar-refractivity contribution in [3.8, 4) is 11.5 Å². The topological polar surface area (TPSA) is 155 Å². The van der Waals surface area contributed by atoms with Crippen molar-refractivity contribution in [2.24, 2.45) is 11.8 Å². The third kappa shape index (κ3) is 11.0. The van der Waals surface area contributed by atoms with Gasteiger partial charge in [-0.1, -0.05) is 48.6 Å². The molecule has 0 saturated carbocycles. The average molecular weight is 860 g/mol. The second kappa shape index (κ2) is 18.5. The smallest absolute Gasteiger partial charge is 0.410 e. The van der Waals surface area contributed by atoms with Gasteiger partial charge in [0, 0.05) is 57.3 Å². The number of carbonyl (C=O) groups excluding carboxylic acids is 1. The van der Waals surface area contributed by atoms with E-state index in [0.29, 0.717) is 68.9 Å². The van der Waals surface area contributed by atoms with Gasteiger partial charge in [0.25, 0.3) is 0 Å². The molecule has 2 N–H and O–H groups in total. The van der Waals surface area contributed by atoms with E-state index in [1.54, 1.807) is 21.3 Å². The van der Waals surface area contributed by atoms with Gasteiger partial charge in [0.1, 0.15) is 29.3 Å². The lowest BCUT2D eigenvalue weighted by molar-refractivity contribution is -0.140. The molecule has 0 unspecified atom stereocenters. The summed E-state index contributed by atoms with van der Waals surface area (Å²) in [4.78, 5) is 28.3. The van der Waals surface area contributed by atoms with Gasteiger partial charge in [-0.2, -0.15) is 4.31 Å². The number of nitrogens with zero attached hydrogens (tertiary/aromatic N) is 3. The summed E-state index contributed by atoms with van der Waals surface area (Å²) < 4.78 is 54.2. The zero-order chi connectivity index (χ0) is 43.5. The molecule has 3 fully saturated rings. The van der Waals surface area contributed by atoms with E-state index in [2.05, 4.69) is 23.6 Å². The van der Waals surface area contributed by atoms with E-state index in [1.165, 1.54) is 6.07 Å². The first-order valence-electron chi connectivity index (χ1n) is 21.5. The normalized spacial score (nSPS) is 23.5. The molecular weight excluding hydrogens is 799 g/mol. The summed E-state index contributed by atoms with van der Waals surface area (Å²) in [6.45, 7) is 15.2. The molecule has 14 heteroatoms. The summed E-state index contributed by atoms with van der Waals surface area (Å²) >= 11 is 0. The van der Waals surface area contributed by atoms with Crippen LogP contribution in [0.4, 0.5) is 4.79 Å². The Morgan fingerprint density at radius 2 is 1.61 bits per heavy atom. The number of aliphatic hydroxyl groups is 1. The number of carboxylic acids is 1. The lowest BCUT2D eigenvalue weighted by Crippen LogP contribution is -2.50. The summed E-state index contributed by atoms with van der Waals surface area (Å²) in [5, 5.41) is 20.7. The van der Waals surface area contributed by atoms with Crippen molar-refractivity contribution in [1.82, 2.24) is 14.1 Å². The van der Waals surface area contributed by atoms with Crippen LogP contribution in [0.1, 0.15) is 81.7 Å². The first-order valence-corrected chi connectivity index (χ1v) is 22.9. The number of rotatable bonds is 12. The molecule has 0 spiro atoms. The number of piperidine rings is 2. The lowest BCUT2D eigenvalue weighted by atomic mass is 9.76. The average Bonchev–Trinajstić information content (AvgIpc) is 3.45. The van der Waals surface area contributed by atoms with Gasteiger partial charge in [0.15, 0.2) is 6.61 Å². The molecule has 1 amide bonds. The Morgan fingerprint density at radius 1 is 0.934 bits per heavy atom. The molecule has 7 rings (SSSR count). The van der Waals surface area contributed by atoms with Crippen LogP contribution in [-0.2, 0) is 43.7 Å². The first kappa shape index (κ1) is 44.6. The molecule has 4 aliphatic rings. The third-order valence-corrected chi connectivity index (χ3v) is 14.4. The number of benzene rings is 3. The number of fused-ring (bicyclic) bond motifs is 2. The van der Waals surface area contributed by atoms with Crippen molar-refractivity contribution in [2.45, 2.75) is 101 Å². The Labute approximate surface area is 360 Å². The van der Waals surface area contributed by atoms with Crippen molar-refractivity contribution in [1.29, 1.82) is 0 Å². The molecule has 330 valence electrons. The van der Waals surface area contributed by atoms with Crippen molar-refractivity contribution in [3.63, 3.8) is 0 Å². The Balaban J connectivity index is 0.981. The highest BCUT2D eigenvalue weighted by Crippen LogP contribution is 2.48. The van der Waals surface area contributed by atoms with Crippen LogP contribution in [0, 0.1) is 11.8 Å². The van der Waals surface area contributed by atoms with E-state index >= 15 is 0 Å². The Hall–Kier alpha value is -4.47. The second-order valence-corrected chi connectivity index (χ2v) is 20.2. The summed E-state index contributed by atoms with van der Waals surface area (Å²) in [5.41, 5.74) is 3.27. The molecule has 3 saturated heterocycles. The van der Waals surface area contributed by atoms with E-state index in [-0.39, 0.29) is 35.5 Å². The van der Waals surface area contributed by atoms with Crippen molar-refractivity contribution in [2.75, 3.05) is 52.5 Å². The SMILES string of the molecule is C=C(C)[C@H]1C[C@@H]2CN(Cc3ccc(OCC4(O)CCN(C(=O)OC(C)(C)C)CC4)cc3)CC[C@@H]2O[C@@H]1c1cc(S(=O)(=O)N2CCc3ccccc3CC2)ccc1OCC(=O)O. The Bertz CT molecular complexity index is 2140. The maximum Gasteiger partial charge on any atom is 0.410 e. The van der Waals surface area contributed by atoms with Gasteiger partial charge in [0.05, 0.1) is 17.1 Å². The summed E-state index contributed by atoms with van der Waals surface area (Å²) in [6.07, 6.45) is 2.57. The molecule has 0 radical (unpaired) electrons. The molecule has 4 heterocycles. The molecular formula is C47H61N3O10S. The van der Waals surface area contributed by atoms with E-state index in [9.17, 15) is 28.2 Å². The predicted molar refractivity (Wildman–Crippen MR) is 230 cm³/mol. The number of carboxylic acid groups (broad SMARTS) is 1. The zero-order valence-electron chi connectivity index (χ0n) is 35.9. The molecule has 0 bridgehead atoms. The van der Waals surface area contributed by atoms with Gasteiger partial charge in [-0.05, 0) is 119 Å². The van der Waals surface area contributed by atoms with Crippen LogP contribution in [0.2, 0.25) is 0 Å². The number of aliphatic carboxylic acids is 1. The van der Waals surface area contributed by atoms with Crippen LogP contribution in [0.25, 0.3) is 0 Å². The second-order valence-electron chi connectivity index (χ2n) is 18.2. The van der Waals surface area contributed by atoms with Crippen LogP contribution in [0.5, 0.6) is 11.5 Å². The number of carbonyl (C=O) groups is 2. The summed E-state index contributed by atoms with van der Waals surface area (Å²) in [7, 11) is -3.89. The molecule has 61 heavy (non-hydrogen) atoms. The number of hydrogen-bond acceptors (Lipinski definition) is 10. The predicted octanol–water partition coefficient (Wildman–Crippen LogP) is 6.62. The number of hydrogen-bond donors (Lipinski definition) is 2. The molecule has 13 nitrogen and oxygen atoms in total. The first-order chi connectivity index (χ1) is 29.0. The minimum absolute atomic E-state index is 0.0915. The lowest BCUT2D eigenvalue weighted by Gasteiger charge is -2.47. The van der Waals surface area contributed by atoms with Crippen molar-refractivity contribution >= 4 is 22.1 Å². The zero-order valence-corrected chi connectivity index (χ0v) is 36.7. The van der Waals surface area contributed by atoms with E-state index in [4.69, 9.17) is 18.9 Å². The maximum absolute atomic E-state index is 14.2. The van der Waals surface area contributed by atoms with Gasteiger partial charge in [-0.15, -0.1) is 0 Å². The fourth-order valence-corrected chi connectivity index (χ4v) is 10.6. The fraction of sp³-hybridized carbons (Fsp3) is 0.532. The van der Waals surface area contributed by atoms with Crippen LogP contribution < -0.4 is 9.47 Å². The minimum Gasteiger partial charge on any atom is -0.491 e. The molecule has 4 atom stereocenters. The number of amides is 1. The van der Waals surface area contributed by atoms with Crippen LogP contribution >= 0.6 is 0 Å². The quantitative estimate of drug-likeness (QED) is 0.189. The molecule has 4 aliphatic heterocycles. The largest absolute Gasteiger partial charge is 0.491 e. The molecule has 0 aromatic heterocycles. The summed E-state index contributed by atoms with van der Waals surface area (Å²) in [6, 6.07) is 20.7. The van der Waals surface area contributed by atoms with E-state index < -0.39 is 39.9 Å². The molecule has 3 aromatic carbocycles. The van der Waals surface area contributed by atoms with Gasteiger partial charge in [-0.3, -0.25) is 4.90 Å². The van der Waals surface area contributed by atoms with Crippen LogP contribution in [0.15, 0.2) is 83.8 Å². The molecule has 0 aliphatic carbocycles. The third-order valence-electron chi connectivity index (χ3n) is 12.5. The highest BCUT2D eigenvalue weighted by Gasteiger charge is 2.43. The van der Waals surface area contributed by atoms with Gasteiger partial charge >= 0.3 is 12.1 Å². The van der Waals surface area contributed by atoms with Crippen molar-refractivity contribution < 1.29 is 47.2 Å². The highest BCUT2D eigenvalue weighted by molar-refractivity contribution is 7.89. The minimum atomic E-state index is -3.89. The van der Waals surface area contributed by atoms with E-state index in [0.717, 1.165) is 54.7 Å². The van der Waals surface area contributed by atoms with Gasteiger partial charge in [0.2, 0.25) is 10.0 Å². The molecule has 3 aromatic rings. The maximum atomic E-state index is 14.2. The number of sulfonamides is 1. The monoisotopic (exact) mass is 859 g/mol. The van der Waals surface area contributed by atoms with Gasteiger partial charge in [-0.25, -0.2) is 18.0 Å². The summed E-state index contributed by atoms with van der Waals surface area (Å²) in [5.74, 6) is -0.125. The number of likely N-dealkylation sites (tertiary alicyclic amines) is 2. The fourth-order valence-electron chi connectivity index (χ4n) is 9.08. The van der Waals surface area contributed by atoms with Gasteiger partial charge < -0.3 is 34.1 Å². The van der Waals surface area contributed by atoms with E-state index in [1.807, 2.05) is 64.1 Å². The number of ether oxygens (including phenoxy) is 4. The Kier molecular flexibility index (Phi) is 13.5. The van der Waals surface area contributed by atoms with Crippen LogP contribution in [0.3, 0.4) is 0 Å². The standard InChI is InChI=1S/C47H61N3O10S/c1-32(2)39-26-36-29-48(28-33-10-12-37(13-11-33)58-31-47(54)19-24-49(25-20-47)45(53)60-46(3,4)5)21-18-41(36)59-44(39)40-27-38(14-15-42(40)57-30-43(51)52)61(55,56)50-22-16-34-8-6-7-9-35(34)17-23-50/h6-15,27,36,39,41,44,54H,1,16-26,28-31H2,2-5H3,(H,51,52)/t36-,39-,41+,44+/m1/s1. The Morgan fingerprint density at radius 3 is 2.23 bits per heavy atom.